The van der Waals surface area contributed by atoms with E-state index in [9.17, 15) is 9.59 Å². The summed E-state index contributed by atoms with van der Waals surface area (Å²) in [6, 6.07) is 0. The molecule has 4 heteroatoms. The summed E-state index contributed by atoms with van der Waals surface area (Å²) >= 11 is 0. The maximum absolute atomic E-state index is 12.7. The molecule has 2 atom stereocenters. The van der Waals surface area contributed by atoms with Crippen LogP contribution < -0.4 is 0 Å². The van der Waals surface area contributed by atoms with E-state index in [0.717, 1.165) is 45.2 Å². The van der Waals surface area contributed by atoms with E-state index >= 15 is 0 Å². The Morgan fingerprint density at radius 3 is 1.23 bits per heavy atom. The van der Waals surface area contributed by atoms with Gasteiger partial charge in [-0.15, -0.1) is 0 Å². The maximum atomic E-state index is 12.7. The van der Waals surface area contributed by atoms with Crippen LogP contribution in [0.4, 0.5) is 0 Å². The summed E-state index contributed by atoms with van der Waals surface area (Å²) in [6.45, 7) is 37.0. The van der Waals surface area contributed by atoms with Crippen LogP contribution in [0.5, 0.6) is 0 Å². The van der Waals surface area contributed by atoms with Gasteiger partial charge in [-0.2, -0.15) is 0 Å². The number of carbonyl (C=O) groups is 2. The summed E-state index contributed by atoms with van der Waals surface area (Å²) in [5.41, 5.74) is 0.330. The Hall–Kier alpha value is -0.740. The quantitative estimate of drug-likeness (QED) is 0.332. The molecule has 2 heterocycles. The van der Waals surface area contributed by atoms with E-state index in [1.54, 1.807) is 0 Å². The van der Waals surface area contributed by atoms with E-state index in [4.69, 9.17) is 0 Å². The molecular formula is C35H68N2O2. The van der Waals surface area contributed by atoms with E-state index in [1.807, 2.05) is 0 Å². The second-order valence-corrected chi connectivity index (χ2v) is 16.8. The van der Waals surface area contributed by atoms with Crippen molar-refractivity contribution >= 4 is 11.6 Å². The number of carbonyl (C=O) groups excluding carboxylic acids is 2. The minimum Gasteiger partial charge on any atom is -0.299 e. The lowest BCUT2D eigenvalue weighted by Crippen LogP contribution is -2.62. The highest BCUT2D eigenvalue weighted by Gasteiger charge is 2.50. The van der Waals surface area contributed by atoms with Crippen molar-refractivity contribution in [1.82, 2.24) is 9.80 Å². The first-order valence-corrected chi connectivity index (χ1v) is 16.1. The lowest BCUT2D eigenvalue weighted by atomic mass is 9.71. The third kappa shape index (κ3) is 8.40. The van der Waals surface area contributed by atoms with Gasteiger partial charge in [-0.1, -0.05) is 69.2 Å². The summed E-state index contributed by atoms with van der Waals surface area (Å²) in [4.78, 5) is 30.5. The van der Waals surface area contributed by atoms with E-state index in [1.165, 1.54) is 12.8 Å². The van der Waals surface area contributed by atoms with Crippen LogP contribution in [0.3, 0.4) is 0 Å². The first-order chi connectivity index (χ1) is 17.5. The van der Waals surface area contributed by atoms with Crippen LogP contribution in [0.15, 0.2) is 0 Å². The molecule has 39 heavy (non-hydrogen) atoms. The van der Waals surface area contributed by atoms with Gasteiger partial charge in [-0.3, -0.25) is 19.4 Å². The van der Waals surface area contributed by atoms with E-state index in [0.29, 0.717) is 11.6 Å². The molecule has 230 valence electrons. The summed E-state index contributed by atoms with van der Waals surface area (Å²) < 4.78 is 0. The van der Waals surface area contributed by atoms with Crippen LogP contribution in [0.25, 0.3) is 0 Å². The van der Waals surface area contributed by atoms with Crippen LogP contribution in [-0.4, -0.2) is 56.6 Å². The van der Waals surface area contributed by atoms with Crippen molar-refractivity contribution in [2.45, 2.75) is 178 Å². The zero-order chi connectivity index (χ0) is 30.8. The van der Waals surface area contributed by atoms with Gasteiger partial charge < -0.3 is 0 Å². The van der Waals surface area contributed by atoms with Crippen molar-refractivity contribution in [2.24, 2.45) is 22.7 Å². The number of nitrogens with zero attached hydrogens (tertiary/aromatic N) is 2. The highest BCUT2D eigenvalue weighted by atomic mass is 16.1. The van der Waals surface area contributed by atoms with Crippen molar-refractivity contribution in [3.63, 3.8) is 0 Å². The van der Waals surface area contributed by atoms with Crippen LogP contribution in [0.2, 0.25) is 0 Å². The van der Waals surface area contributed by atoms with Crippen LogP contribution >= 0.6 is 0 Å². The minimum atomic E-state index is -0.216. The monoisotopic (exact) mass is 549 g/mol. The molecular weight excluding hydrogens is 480 g/mol. The summed E-state index contributed by atoms with van der Waals surface area (Å²) in [6.07, 6.45) is 7.87. The fourth-order valence-electron chi connectivity index (χ4n) is 7.62. The average Bonchev–Trinajstić information content (AvgIpc) is 3.22. The smallest absolute Gasteiger partial charge is 0.142 e. The van der Waals surface area contributed by atoms with Gasteiger partial charge in [0.05, 0.1) is 0 Å². The molecule has 0 aliphatic carbocycles. The fraction of sp³-hybridized carbons (Fsp3) is 0.943. The Morgan fingerprint density at radius 2 is 0.923 bits per heavy atom. The van der Waals surface area contributed by atoms with E-state index in [2.05, 4.69) is 121 Å². The summed E-state index contributed by atoms with van der Waals surface area (Å²) in [5, 5.41) is 0. The first-order valence-electron chi connectivity index (χ1n) is 16.1. The molecule has 0 aromatic carbocycles. The lowest BCUT2D eigenvalue weighted by Gasteiger charge is -2.55. The molecule has 0 bridgehead atoms. The number of likely N-dealkylation sites (tertiary alicyclic amines) is 2. The molecule has 0 spiro atoms. The van der Waals surface area contributed by atoms with Gasteiger partial charge in [0.25, 0.3) is 0 Å². The third-order valence-electron chi connectivity index (χ3n) is 10.0. The molecule has 2 aliphatic heterocycles. The number of hydrogen-bond donors (Lipinski definition) is 0. The predicted molar refractivity (Wildman–Crippen MR) is 169 cm³/mol. The Kier molecular flexibility index (Phi) is 11.8. The standard InChI is InChI=1S/C18H35NO.C17H33NO/c1-9-18(10-2)12-11-14(15(20)16(3,4)5)13-19(18)17(6,7)8;1-9-17(10-2)11-13(14(19)15(3,4)5)12-18(17)16(6,7)8/h14H,9-13H2,1-8H3;13H,9-12H2,1-8H3. The maximum Gasteiger partial charge on any atom is 0.142 e. The zero-order valence-corrected chi connectivity index (χ0v) is 29.2. The van der Waals surface area contributed by atoms with Gasteiger partial charge in [-0.25, -0.2) is 0 Å². The Bertz CT molecular complexity index is 808. The van der Waals surface area contributed by atoms with Gasteiger partial charge in [0.1, 0.15) is 11.6 Å². The number of rotatable bonds is 6. The Labute approximate surface area is 244 Å². The summed E-state index contributed by atoms with van der Waals surface area (Å²) in [7, 11) is 0. The SMILES string of the molecule is CCC1(CC)CC(C(=O)C(C)(C)C)CN1C(C)(C)C.CCC1(CC)CCC(C(=O)C(C)(C)C)CN1C(C)(C)C. The Morgan fingerprint density at radius 1 is 0.590 bits per heavy atom. The Balaban J connectivity index is 0.000000391. The lowest BCUT2D eigenvalue weighted by molar-refractivity contribution is -0.137. The average molecular weight is 549 g/mol. The van der Waals surface area contributed by atoms with Crippen molar-refractivity contribution in [2.75, 3.05) is 13.1 Å². The second kappa shape index (κ2) is 12.6. The van der Waals surface area contributed by atoms with Crippen LogP contribution in [0, 0.1) is 22.7 Å². The molecule has 0 aromatic heterocycles. The molecule has 2 fully saturated rings. The van der Waals surface area contributed by atoms with E-state index < -0.39 is 0 Å². The molecule has 2 unspecified atom stereocenters. The zero-order valence-electron chi connectivity index (χ0n) is 29.2. The molecule has 0 aromatic rings. The van der Waals surface area contributed by atoms with Gasteiger partial charge in [0, 0.05) is 57.9 Å². The fourth-order valence-corrected chi connectivity index (χ4v) is 7.62. The molecule has 0 N–H and O–H groups in total. The predicted octanol–water partition coefficient (Wildman–Crippen LogP) is 8.95. The molecule has 2 rings (SSSR count). The molecule has 0 radical (unpaired) electrons. The second-order valence-electron chi connectivity index (χ2n) is 16.8. The topological polar surface area (TPSA) is 40.6 Å². The minimum absolute atomic E-state index is 0.128. The van der Waals surface area contributed by atoms with Gasteiger partial charge in [-0.05, 0) is 86.5 Å². The number of ketones is 2. The van der Waals surface area contributed by atoms with Crippen LogP contribution in [-0.2, 0) is 9.59 Å². The van der Waals surface area contributed by atoms with Gasteiger partial charge >= 0.3 is 0 Å². The van der Waals surface area contributed by atoms with Crippen molar-refractivity contribution in [3.05, 3.63) is 0 Å². The van der Waals surface area contributed by atoms with Crippen molar-refractivity contribution in [1.29, 1.82) is 0 Å². The normalized spacial score (nSPS) is 24.7. The number of Topliss-reactive ketones (excluding diaryl/α,β-unsaturated/α-hetero) is 2. The molecule has 0 saturated carbocycles. The van der Waals surface area contributed by atoms with Crippen molar-refractivity contribution in [3.8, 4) is 0 Å². The number of hydrogen-bond acceptors (Lipinski definition) is 4. The van der Waals surface area contributed by atoms with Gasteiger partial charge in [0.2, 0.25) is 0 Å². The number of piperidine rings is 1. The molecule has 0 amide bonds. The highest BCUT2D eigenvalue weighted by Crippen LogP contribution is 2.45. The van der Waals surface area contributed by atoms with Crippen molar-refractivity contribution < 1.29 is 9.59 Å². The van der Waals surface area contributed by atoms with E-state index in [-0.39, 0.29) is 44.8 Å². The van der Waals surface area contributed by atoms with Gasteiger partial charge in [0.15, 0.2) is 0 Å². The summed E-state index contributed by atoms with van der Waals surface area (Å²) in [5.74, 6) is 1.29. The molecule has 2 saturated heterocycles. The van der Waals surface area contributed by atoms with Crippen LogP contribution in [0.1, 0.15) is 156 Å². The highest BCUT2D eigenvalue weighted by molar-refractivity contribution is 5.87. The molecule has 4 nitrogen and oxygen atoms in total. The first kappa shape index (κ1) is 36.3. The largest absolute Gasteiger partial charge is 0.299 e. The molecule has 2 aliphatic rings. The third-order valence-corrected chi connectivity index (χ3v) is 10.0.